The molecule has 0 bridgehead atoms. The van der Waals surface area contributed by atoms with Gasteiger partial charge in [0.1, 0.15) is 0 Å². The average molecular weight is 302 g/mol. The van der Waals surface area contributed by atoms with Crippen LogP contribution in [0.25, 0.3) is 0 Å². The summed E-state index contributed by atoms with van der Waals surface area (Å²) in [4.78, 5) is 0. The molecule has 0 aliphatic heterocycles. The standard InChI is InChI=1S/C13H20BrNO2/c1-3-15-9-13(2,16)10-17-8-11-4-6-12(14)7-5-11/h4-7,15-16H,3,8-10H2,1-2H3. The van der Waals surface area contributed by atoms with Crippen molar-refractivity contribution in [3.05, 3.63) is 34.3 Å². The molecule has 17 heavy (non-hydrogen) atoms. The third-order valence-electron chi connectivity index (χ3n) is 2.35. The summed E-state index contributed by atoms with van der Waals surface area (Å²) in [6.07, 6.45) is 0. The Morgan fingerprint density at radius 1 is 1.35 bits per heavy atom. The fraction of sp³-hybridized carbons (Fsp3) is 0.538. The summed E-state index contributed by atoms with van der Waals surface area (Å²) in [5.74, 6) is 0. The largest absolute Gasteiger partial charge is 0.386 e. The summed E-state index contributed by atoms with van der Waals surface area (Å²) in [5, 5.41) is 13.1. The van der Waals surface area contributed by atoms with Crippen LogP contribution in [0.3, 0.4) is 0 Å². The van der Waals surface area contributed by atoms with Crippen molar-refractivity contribution in [3.63, 3.8) is 0 Å². The van der Waals surface area contributed by atoms with Crippen molar-refractivity contribution < 1.29 is 9.84 Å². The van der Waals surface area contributed by atoms with Gasteiger partial charge in [0.05, 0.1) is 18.8 Å². The molecule has 0 aliphatic rings. The molecule has 0 fully saturated rings. The fourth-order valence-electron chi connectivity index (χ4n) is 1.41. The maximum Gasteiger partial charge on any atom is 0.0975 e. The van der Waals surface area contributed by atoms with Gasteiger partial charge in [-0.15, -0.1) is 0 Å². The van der Waals surface area contributed by atoms with E-state index in [9.17, 15) is 5.11 Å². The summed E-state index contributed by atoms with van der Waals surface area (Å²) >= 11 is 3.38. The number of hydrogen-bond donors (Lipinski definition) is 2. The van der Waals surface area contributed by atoms with Crippen molar-refractivity contribution in [2.24, 2.45) is 0 Å². The predicted octanol–water partition coefficient (Wildman–Crippen LogP) is 2.33. The van der Waals surface area contributed by atoms with Gasteiger partial charge in [0.15, 0.2) is 0 Å². The first-order valence-corrected chi connectivity index (χ1v) is 6.58. The molecule has 0 spiro atoms. The van der Waals surface area contributed by atoms with E-state index in [2.05, 4.69) is 21.2 Å². The lowest BCUT2D eigenvalue weighted by Crippen LogP contribution is -2.41. The number of nitrogens with one attached hydrogen (secondary N) is 1. The maximum absolute atomic E-state index is 9.97. The van der Waals surface area contributed by atoms with Gasteiger partial charge in [-0.2, -0.15) is 0 Å². The Balaban J connectivity index is 2.29. The SMILES string of the molecule is CCNCC(C)(O)COCc1ccc(Br)cc1. The molecule has 96 valence electrons. The van der Waals surface area contributed by atoms with Gasteiger partial charge in [-0.05, 0) is 31.2 Å². The van der Waals surface area contributed by atoms with E-state index in [0.717, 1.165) is 16.6 Å². The number of aliphatic hydroxyl groups is 1. The molecule has 4 heteroatoms. The fourth-order valence-corrected chi connectivity index (χ4v) is 1.68. The van der Waals surface area contributed by atoms with Crippen molar-refractivity contribution in [2.75, 3.05) is 19.7 Å². The van der Waals surface area contributed by atoms with E-state index < -0.39 is 5.60 Å². The van der Waals surface area contributed by atoms with Gasteiger partial charge in [-0.25, -0.2) is 0 Å². The number of rotatable bonds is 7. The van der Waals surface area contributed by atoms with Crippen LogP contribution in [0.15, 0.2) is 28.7 Å². The lowest BCUT2D eigenvalue weighted by Gasteiger charge is -2.23. The van der Waals surface area contributed by atoms with E-state index in [1.807, 2.05) is 31.2 Å². The second-order valence-electron chi connectivity index (χ2n) is 4.40. The lowest BCUT2D eigenvalue weighted by atomic mass is 10.1. The monoisotopic (exact) mass is 301 g/mol. The minimum absolute atomic E-state index is 0.329. The smallest absolute Gasteiger partial charge is 0.0975 e. The molecule has 1 unspecified atom stereocenters. The molecule has 1 aromatic rings. The van der Waals surface area contributed by atoms with Crippen LogP contribution in [0.2, 0.25) is 0 Å². The van der Waals surface area contributed by atoms with Crippen LogP contribution in [-0.2, 0) is 11.3 Å². The molecule has 2 N–H and O–H groups in total. The summed E-state index contributed by atoms with van der Waals surface area (Å²) in [5.41, 5.74) is 0.290. The van der Waals surface area contributed by atoms with Crippen LogP contribution in [0.1, 0.15) is 19.4 Å². The van der Waals surface area contributed by atoms with Gasteiger partial charge in [0, 0.05) is 11.0 Å². The molecule has 1 rings (SSSR count). The minimum atomic E-state index is -0.814. The molecule has 0 saturated heterocycles. The van der Waals surface area contributed by atoms with E-state index in [0.29, 0.717) is 19.8 Å². The number of likely N-dealkylation sites (N-methyl/N-ethyl adjacent to an activating group) is 1. The van der Waals surface area contributed by atoms with E-state index >= 15 is 0 Å². The molecule has 3 nitrogen and oxygen atoms in total. The first-order chi connectivity index (χ1) is 8.03. The van der Waals surface area contributed by atoms with E-state index in [4.69, 9.17) is 4.74 Å². The minimum Gasteiger partial charge on any atom is -0.386 e. The summed E-state index contributed by atoms with van der Waals surface area (Å²) in [7, 11) is 0. The first-order valence-electron chi connectivity index (χ1n) is 5.79. The van der Waals surface area contributed by atoms with Gasteiger partial charge in [0.2, 0.25) is 0 Å². The van der Waals surface area contributed by atoms with Gasteiger partial charge >= 0.3 is 0 Å². The van der Waals surface area contributed by atoms with E-state index in [1.54, 1.807) is 6.92 Å². The molecule has 1 aromatic carbocycles. The zero-order chi connectivity index (χ0) is 12.7. The zero-order valence-electron chi connectivity index (χ0n) is 10.4. The Hall–Kier alpha value is -0.420. The predicted molar refractivity (Wildman–Crippen MR) is 73.0 cm³/mol. The molecule has 0 saturated carbocycles. The molecule has 1 atom stereocenters. The summed E-state index contributed by atoms with van der Waals surface area (Å²) < 4.78 is 6.57. The van der Waals surface area contributed by atoms with E-state index in [-0.39, 0.29) is 0 Å². The second kappa shape index (κ2) is 7.11. The highest BCUT2D eigenvalue weighted by molar-refractivity contribution is 9.10. The zero-order valence-corrected chi connectivity index (χ0v) is 12.0. The van der Waals surface area contributed by atoms with Gasteiger partial charge in [0.25, 0.3) is 0 Å². The topological polar surface area (TPSA) is 41.5 Å². The molecule has 0 heterocycles. The first kappa shape index (κ1) is 14.6. The molecule has 0 aliphatic carbocycles. The maximum atomic E-state index is 9.97. The summed E-state index contributed by atoms with van der Waals surface area (Å²) in [6.45, 7) is 6.04. The lowest BCUT2D eigenvalue weighted by molar-refractivity contribution is -0.0377. The Morgan fingerprint density at radius 3 is 2.59 bits per heavy atom. The highest BCUT2D eigenvalue weighted by Gasteiger charge is 2.19. The van der Waals surface area contributed by atoms with Gasteiger partial charge < -0.3 is 15.2 Å². The van der Waals surface area contributed by atoms with Crippen molar-refractivity contribution in [2.45, 2.75) is 26.1 Å². The Morgan fingerprint density at radius 2 is 2.00 bits per heavy atom. The second-order valence-corrected chi connectivity index (χ2v) is 5.31. The summed E-state index contributed by atoms with van der Waals surface area (Å²) in [6, 6.07) is 7.97. The number of ether oxygens (including phenoxy) is 1. The number of benzene rings is 1. The Labute approximate surface area is 111 Å². The van der Waals surface area contributed by atoms with Crippen molar-refractivity contribution in [3.8, 4) is 0 Å². The van der Waals surface area contributed by atoms with Crippen molar-refractivity contribution in [1.29, 1.82) is 0 Å². The Bertz CT molecular complexity index is 325. The third kappa shape index (κ3) is 6.17. The molecular weight excluding hydrogens is 282 g/mol. The van der Waals surface area contributed by atoms with Gasteiger partial charge in [-0.1, -0.05) is 35.0 Å². The van der Waals surface area contributed by atoms with Crippen LogP contribution in [-0.4, -0.2) is 30.4 Å². The number of hydrogen-bond acceptors (Lipinski definition) is 3. The van der Waals surface area contributed by atoms with E-state index in [1.165, 1.54) is 0 Å². The molecule has 0 aromatic heterocycles. The van der Waals surface area contributed by atoms with Crippen LogP contribution in [0.4, 0.5) is 0 Å². The Kier molecular flexibility index (Phi) is 6.12. The quantitative estimate of drug-likeness (QED) is 0.812. The molecule has 0 amide bonds. The van der Waals surface area contributed by atoms with Gasteiger partial charge in [-0.3, -0.25) is 0 Å². The average Bonchev–Trinajstić information content (AvgIpc) is 2.29. The van der Waals surface area contributed by atoms with Crippen molar-refractivity contribution in [1.82, 2.24) is 5.32 Å². The third-order valence-corrected chi connectivity index (χ3v) is 2.88. The van der Waals surface area contributed by atoms with Crippen molar-refractivity contribution >= 4 is 15.9 Å². The normalized spacial score (nSPS) is 14.6. The van der Waals surface area contributed by atoms with Crippen LogP contribution in [0.5, 0.6) is 0 Å². The molecular formula is C13H20BrNO2. The number of halogens is 1. The van der Waals surface area contributed by atoms with Crippen LogP contribution < -0.4 is 5.32 Å². The molecule has 0 radical (unpaired) electrons. The van der Waals surface area contributed by atoms with Crippen LogP contribution in [0, 0.1) is 0 Å². The highest BCUT2D eigenvalue weighted by Crippen LogP contribution is 2.12. The highest BCUT2D eigenvalue weighted by atomic mass is 79.9. The van der Waals surface area contributed by atoms with Crippen LogP contribution >= 0.6 is 15.9 Å².